The Morgan fingerprint density at radius 3 is 2.61 bits per heavy atom. The van der Waals surface area contributed by atoms with Crippen molar-refractivity contribution in [3.05, 3.63) is 53.8 Å². The van der Waals surface area contributed by atoms with Crippen LogP contribution in [-0.2, 0) is 16.1 Å². The molecule has 2 aromatic carbocycles. The molecular weight excluding hydrogens is 359 g/mol. The summed E-state index contributed by atoms with van der Waals surface area (Å²) in [5.41, 5.74) is 2.08. The molecule has 6 heteroatoms. The molecule has 1 aliphatic heterocycles. The minimum atomic E-state index is -0.315. The van der Waals surface area contributed by atoms with E-state index in [4.69, 9.17) is 4.74 Å². The first-order valence-electron chi connectivity index (χ1n) is 9.73. The Labute approximate surface area is 163 Å². The fourth-order valence-corrected chi connectivity index (χ4v) is 3.83. The quantitative estimate of drug-likeness (QED) is 0.859. The fourth-order valence-electron chi connectivity index (χ4n) is 3.83. The zero-order valence-corrected chi connectivity index (χ0v) is 15.6. The Kier molecular flexibility index (Phi) is 5.28. The average molecular weight is 382 g/mol. The number of nitrogens with zero attached hydrogens (tertiary/aromatic N) is 1. The highest BCUT2D eigenvalue weighted by atomic mass is 19.1. The first-order chi connectivity index (χ1) is 13.6. The van der Waals surface area contributed by atoms with E-state index < -0.39 is 0 Å². The molecule has 0 spiro atoms. The minimum Gasteiger partial charge on any atom is -0.482 e. The highest BCUT2D eigenvalue weighted by Gasteiger charge is 2.27. The summed E-state index contributed by atoms with van der Waals surface area (Å²) in [5.74, 6) is 0.195. The Hall–Kier alpha value is -2.89. The second kappa shape index (κ2) is 8.00. The lowest BCUT2D eigenvalue weighted by Crippen LogP contribution is -2.38. The number of ether oxygens (including phenoxy) is 1. The number of halogens is 1. The molecule has 1 aliphatic carbocycles. The molecule has 0 bridgehead atoms. The maximum absolute atomic E-state index is 13.2. The molecule has 2 aromatic rings. The van der Waals surface area contributed by atoms with Gasteiger partial charge in [0.2, 0.25) is 5.91 Å². The van der Waals surface area contributed by atoms with Gasteiger partial charge in [-0.2, -0.15) is 0 Å². The first kappa shape index (κ1) is 18.5. The van der Waals surface area contributed by atoms with Gasteiger partial charge < -0.3 is 15.0 Å². The third kappa shape index (κ3) is 4.01. The number of rotatable bonds is 4. The molecule has 4 rings (SSSR count). The van der Waals surface area contributed by atoms with Crippen molar-refractivity contribution in [3.8, 4) is 5.75 Å². The van der Waals surface area contributed by atoms with Crippen LogP contribution in [0.25, 0.3) is 0 Å². The highest BCUT2D eigenvalue weighted by molar-refractivity contribution is 5.99. The third-order valence-corrected chi connectivity index (χ3v) is 5.40. The van der Waals surface area contributed by atoms with Gasteiger partial charge in [-0.15, -0.1) is 0 Å². The Morgan fingerprint density at radius 1 is 1.11 bits per heavy atom. The molecule has 0 atom stereocenters. The van der Waals surface area contributed by atoms with Crippen molar-refractivity contribution in [2.45, 2.75) is 38.6 Å². The molecule has 1 saturated carbocycles. The molecule has 28 heavy (non-hydrogen) atoms. The first-order valence-corrected chi connectivity index (χ1v) is 9.73. The molecule has 1 heterocycles. The van der Waals surface area contributed by atoms with Crippen molar-refractivity contribution in [3.63, 3.8) is 0 Å². The number of nitrogens with one attached hydrogen (secondary N) is 1. The number of benzene rings is 2. The second-order valence-corrected chi connectivity index (χ2v) is 7.40. The minimum absolute atomic E-state index is 0.0350. The molecule has 146 valence electrons. The summed E-state index contributed by atoms with van der Waals surface area (Å²) in [7, 11) is 0. The molecule has 1 fully saturated rings. The number of hydrogen-bond acceptors (Lipinski definition) is 3. The smallest absolute Gasteiger partial charge is 0.265 e. The van der Waals surface area contributed by atoms with Gasteiger partial charge >= 0.3 is 0 Å². The summed E-state index contributed by atoms with van der Waals surface area (Å²) in [4.78, 5) is 26.6. The lowest BCUT2D eigenvalue weighted by Gasteiger charge is -2.30. The lowest BCUT2D eigenvalue weighted by molar-refractivity contribution is -0.121. The number of hydrogen-bond donors (Lipinski definition) is 1. The number of carbonyl (C=O) groups is 2. The molecule has 0 radical (unpaired) electrons. The van der Waals surface area contributed by atoms with E-state index in [1.807, 2.05) is 0 Å². The van der Waals surface area contributed by atoms with Crippen LogP contribution in [0.5, 0.6) is 5.75 Å². The predicted octanol–water partition coefficient (Wildman–Crippen LogP) is 4.27. The molecule has 0 unspecified atom stereocenters. The van der Waals surface area contributed by atoms with Gasteiger partial charge in [0.25, 0.3) is 5.91 Å². The largest absolute Gasteiger partial charge is 0.482 e. The average Bonchev–Trinajstić information content (AvgIpc) is 2.72. The van der Waals surface area contributed by atoms with Gasteiger partial charge in [-0.1, -0.05) is 31.4 Å². The molecule has 1 N–H and O–H groups in total. The van der Waals surface area contributed by atoms with Gasteiger partial charge in [-0.25, -0.2) is 4.39 Å². The molecular formula is C22H23FN2O3. The Bertz CT molecular complexity index is 876. The van der Waals surface area contributed by atoms with Gasteiger partial charge in [0.15, 0.2) is 6.61 Å². The maximum Gasteiger partial charge on any atom is 0.265 e. The molecule has 0 saturated heterocycles. The summed E-state index contributed by atoms with van der Waals surface area (Å²) < 4.78 is 18.7. The zero-order chi connectivity index (χ0) is 19.5. The van der Waals surface area contributed by atoms with Crippen molar-refractivity contribution < 1.29 is 18.7 Å². The van der Waals surface area contributed by atoms with Crippen molar-refractivity contribution in [1.82, 2.24) is 0 Å². The van der Waals surface area contributed by atoms with E-state index in [2.05, 4.69) is 5.32 Å². The monoisotopic (exact) mass is 382 g/mol. The van der Waals surface area contributed by atoms with Crippen molar-refractivity contribution >= 4 is 23.2 Å². The van der Waals surface area contributed by atoms with Crippen LogP contribution in [0.3, 0.4) is 0 Å². The molecule has 5 nitrogen and oxygen atoms in total. The Balaban J connectivity index is 1.54. The van der Waals surface area contributed by atoms with Gasteiger partial charge in [-0.05, 0) is 48.7 Å². The van der Waals surface area contributed by atoms with E-state index >= 15 is 0 Å². The number of carbonyl (C=O) groups excluding carboxylic acids is 2. The van der Waals surface area contributed by atoms with E-state index in [-0.39, 0.29) is 30.2 Å². The van der Waals surface area contributed by atoms with Crippen LogP contribution in [0.2, 0.25) is 0 Å². The van der Waals surface area contributed by atoms with Crippen molar-refractivity contribution in [2.75, 3.05) is 16.8 Å². The summed E-state index contributed by atoms with van der Waals surface area (Å²) in [6, 6.07) is 11.4. The summed E-state index contributed by atoms with van der Waals surface area (Å²) in [6.07, 6.45) is 5.23. The van der Waals surface area contributed by atoms with Gasteiger partial charge in [0.1, 0.15) is 11.6 Å². The van der Waals surface area contributed by atoms with Gasteiger partial charge in [0, 0.05) is 11.6 Å². The SMILES string of the molecule is O=C(Nc1ccc2c(c1)N(Cc1ccc(F)cc1)C(=O)CO2)C1CCCCC1. The van der Waals surface area contributed by atoms with Crippen LogP contribution in [0.15, 0.2) is 42.5 Å². The second-order valence-electron chi connectivity index (χ2n) is 7.40. The predicted molar refractivity (Wildman–Crippen MR) is 105 cm³/mol. The zero-order valence-electron chi connectivity index (χ0n) is 15.6. The summed E-state index contributed by atoms with van der Waals surface area (Å²) in [5, 5.41) is 2.99. The van der Waals surface area contributed by atoms with E-state index in [1.165, 1.54) is 18.6 Å². The summed E-state index contributed by atoms with van der Waals surface area (Å²) in [6.45, 7) is 0.275. The number of amides is 2. The van der Waals surface area contributed by atoms with Crippen LogP contribution in [0.1, 0.15) is 37.7 Å². The topological polar surface area (TPSA) is 58.6 Å². The summed E-state index contributed by atoms with van der Waals surface area (Å²) >= 11 is 0. The molecule has 0 aromatic heterocycles. The van der Waals surface area contributed by atoms with E-state index in [9.17, 15) is 14.0 Å². The maximum atomic E-state index is 13.2. The fraction of sp³-hybridized carbons (Fsp3) is 0.364. The number of anilines is 2. The number of fused-ring (bicyclic) bond motifs is 1. The standard InChI is InChI=1S/C22H23FN2O3/c23-17-8-6-15(7-9-17)13-25-19-12-18(10-11-20(19)28-14-21(25)26)24-22(27)16-4-2-1-3-5-16/h6-12,16H,1-5,13-14H2,(H,24,27). The van der Waals surface area contributed by atoms with Gasteiger partial charge in [-0.3, -0.25) is 9.59 Å². The lowest BCUT2D eigenvalue weighted by atomic mass is 9.88. The van der Waals surface area contributed by atoms with E-state index in [1.54, 1.807) is 35.2 Å². The highest BCUT2D eigenvalue weighted by Crippen LogP contribution is 2.36. The third-order valence-electron chi connectivity index (χ3n) is 5.40. The van der Waals surface area contributed by atoms with E-state index in [0.717, 1.165) is 31.2 Å². The van der Waals surface area contributed by atoms with Crippen LogP contribution >= 0.6 is 0 Å². The van der Waals surface area contributed by atoms with Crippen molar-refractivity contribution in [1.29, 1.82) is 0 Å². The molecule has 2 amide bonds. The van der Waals surface area contributed by atoms with Crippen LogP contribution < -0.4 is 15.0 Å². The van der Waals surface area contributed by atoms with Crippen LogP contribution in [-0.4, -0.2) is 18.4 Å². The van der Waals surface area contributed by atoms with Crippen molar-refractivity contribution in [2.24, 2.45) is 5.92 Å². The van der Waals surface area contributed by atoms with E-state index in [0.29, 0.717) is 23.7 Å². The Morgan fingerprint density at radius 2 is 1.86 bits per heavy atom. The van der Waals surface area contributed by atoms with Crippen LogP contribution in [0.4, 0.5) is 15.8 Å². The molecule has 2 aliphatic rings. The normalized spacial score (nSPS) is 17.0. The van der Waals surface area contributed by atoms with Gasteiger partial charge in [0.05, 0.1) is 12.2 Å². The van der Waals surface area contributed by atoms with Crippen LogP contribution in [0, 0.1) is 11.7 Å².